The Kier molecular flexibility index (Phi) is 4.37. The van der Waals surface area contributed by atoms with Crippen LogP contribution in [0, 0.1) is 0 Å². The summed E-state index contributed by atoms with van der Waals surface area (Å²) < 4.78 is 0. The molecule has 1 aromatic rings. The second kappa shape index (κ2) is 6.01. The van der Waals surface area contributed by atoms with E-state index in [0.29, 0.717) is 0 Å². The highest BCUT2D eigenvalue weighted by atomic mass is 16.2. The molecule has 3 nitrogen and oxygen atoms in total. The minimum Gasteiger partial charge on any atom is -0.311 e. The maximum absolute atomic E-state index is 12.1. The van der Waals surface area contributed by atoms with Crippen molar-refractivity contribution in [3.8, 4) is 0 Å². The molecular formula is C15H22N2O. The highest BCUT2D eigenvalue weighted by molar-refractivity contribution is 5.99. The highest BCUT2D eigenvalue weighted by Crippen LogP contribution is 2.22. The van der Waals surface area contributed by atoms with Crippen molar-refractivity contribution in [1.82, 2.24) is 5.32 Å². The van der Waals surface area contributed by atoms with Crippen LogP contribution in [0.1, 0.15) is 31.7 Å². The molecule has 0 radical (unpaired) electrons. The molecule has 0 bridgehead atoms. The molecule has 1 atom stereocenters. The SMILES string of the molecule is CCCCc1ccc(N2CCC(NC)C2=O)cc1. The number of nitrogens with zero attached hydrogens (tertiary/aromatic N) is 1. The molecule has 1 saturated heterocycles. The largest absolute Gasteiger partial charge is 0.311 e. The van der Waals surface area contributed by atoms with E-state index in [1.54, 1.807) is 0 Å². The lowest BCUT2D eigenvalue weighted by Crippen LogP contribution is -2.36. The Morgan fingerprint density at radius 1 is 1.33 bits per heavy atom. The monoisotopic (exact) mass is 246 g/mol. The number of carbonyl (C=O) groups is 1. The molecule has 1 N–H and O–H groups in total. The van der Waals surface area contributed by atoms with Crippen molar-refractivity contribution in [2.45, 2.75) is 38.6 Å². The summed E-state index contributed by atoms with van der Waals surface area (Å²) >= 11 is 0. The van der Waals surface area contributed by atoms with Crippen LogP contribution in [0.3, 0.4) is 0 Å². The van der Waals surface area contributed by atoms with Gasteiger partial charge in [-0.05, 0) is 44.0 Å². The Morgan fingerprint density at radius 3 is 2.61 bits per heavy atom. The molecule has 0 saturated carbocycles. The fraction of sp³-hybridized carbons (Fsp3) is 0.533. The number of aryl methyl sites for hydroxylation is 1. The van der Waals surface area contributed by atoms with Crippen LogP contribution < -0.4 is 10.2 Å². The second-order valence-electron chi connectivity index (χ2n) is 4.89. The quantitative estimate of drug-likeness (QED) is 0.865. The summed E-state index contributed by atoms with van der Waals surface area (Å²) in [7, 11) is 1.85. The van der Waals surface area contributed by atoms with Gasteiger partial charge in [-0.15, -0.1) is 0 Å². The number of likely N-dealkylation sites (N-methyl/N-ethyl adjacent to an activating group) is 1. The Labute approximate surface area is 109 Å². The number of hydrogen-bond acceptors (Lipinski definition) is 2. The molecule has 0 spiro atoms. The van der Waals surface area contributed by atoms with E-state index in [4.69, 9.17) is 0 Å². The van der Waals surface area contributed by atoms with E-state index in [0.717, 1.165) is 25.1 Å². The lowest BCUT2D eigenvalue weighted by Gasteiger charge is -2.17. The summed E-state index contributed by atoms with van der Waals surface area (Å²) in [4.78, 5) is 13.9. The van der Waals surface area contributed by atoms with Crippen molar-refractivity contribution < 1.29 is 4.79 Å². The van der Waals surface area contributed by atoms with Crippen molar-refractivity contribution >= 4 is 11.6 Å². The smallest absolute Gasteiger partial charge is 0.244 e. The summed E-state index contributed by atoms with van der Waals surface area (Å²) in [5, 5.41) is 3.06. The van der Waals surface area contributed by atoms with Gasteiger partial charge < -0.3 is 10.2 Å². The van der Waals surface area contributed by atoms with Gasteiger partial charge in [-0.3, -0.25) is 4.79 Å². The third-order valence-electron chi connectivity index (χ3n) is 3.62. The third-order valence-corrected chi connectivity index (χ3v) is 3.62. The summed E-state index contributed by atoms with van der Waals surface area (Å²) in [5.41, 5.74) is 2.38. The summed E-state index contributed by atoms with van der Waals surface area (Å²) in [6.45, 7) is 3.02. The zero-order chi connectivity index (χ0) is 13.0. The van der Waals surface area contributed by atoms with Crippen molar-refractivity contribution in [2.24, 2.45) is 0 Å². The molecule has 98 valence electrons. The molecule has 0 aliphatic carbocycles. The zero-order valence-corrected chi connectivity index (χ0v) is 11.3. The zero-order valence-electron chi connectivity index (χ0n) is 11.3. The number of unbranched alkanes of at least 4 members (excludes halogenated alkanes) is 1. The van der Waals surface area contributed by atoms with Crippen LogP contribution in [-0.4, -0.2) is 25.5 Å². The normalized spacial score (nSPS) is 19.6. The molecule has 18 heavy (non-hydrogen) atoms. The molecule has 1 aromatic carbocycles. The van der Waals surface area contributed by atoms with E-state index in [2.05, 4.69) is 36.5 Å². The molecule has 1 amide bonds. The molecule has 0 aromatic heterocycles. The minimum atomic E-state index is -0.00947. The Morgan fingerprint density at radius 2 is 2.06 bits per heavy atom. The molecule has 1 unspecified atom stereocenters. The van der Waals surface area contributed by atoms with Gasteiger partial charge in [0, 0.05) is 12.2 Å². The first-order chi connectivity index (χ1) is 8.76. The number of anilines is 1. The molecule has 1 aliphatic rings. The minimum absolute atomic E-state index is 0.00947. The Balaban J connectivity index is 2.04. The molecule has 1 fully saturated rings. The van der Waals surface area contributed by atoms with Crippen molar-refractivity contribution in [3.05, 3.63) is 29.8 Å². The number of hydrogen-bond donors (Lipinski definition) is 1. The first-order valence-electron chi connectivity index (χ1n) is 6.84. The fourth-order valence-corrected chi connectivity index (χ4v) is 2.43. The summed E-state index contributed by atoms with van der Waals surface area (Å²) in [6.07, 6.45) is 4.47. The van der Waals surface area contributed by atoms with Gasteiger partial charge in [-0.2, -0.15) is 0 Å². The molecule has 2 rings (SSSR count). The van der Waals surface area contributed by atoms with Gasteiger partial charge in [-0.1, -0.05) is 25.5 Å². The van der Waals surface area contributed by atoms with E-state index >= 15 is 0 Å². The maximum atomic E-state index is 12.1. The Bertz CT molecular complexity index is 399. The summed E-state index contributed by atoms with van der Waals surface area (Å²) in [6, 6.07) is 8.42. The average molecular weight is 246 g/mol. The van der Waals surface area contributed by atoms with E-state index in [1.807, 2.05) is 11.9 Å². The number of carbonyl (C=O) groups excluding carboxylic acids is 1. The van der Waals surface area contributed by atoms with Gasteiger partial charge in [0.15, 0.2) is 0 Å². The van der Waals surface area contributed by atoms with Crippen LogP contribution >= 0.6 is 0 Å². The second-order valence-corrected chi connectivity index (χ2v) is 4.89. The molecule has 1 heterocycles. The van der Waals surface area contributed by atoms with Crippen LogP contribution in [0.25, 0.3) is 0 Å². The summed E-state index contributed by atoms with van der Waals surface area (Å²) in [5.74, 6) is 0.193. The van der Waals surface area contributed by atoms with E-state index in [-0.39, 0.29) is 11.9 Å². The number of rotatable bonds is 5. The van der Waals surface area contributed by atoms with Crippen LogP contribution in [-0.2, 0) is 11.2 Å². The van der Waals surface area contributed by atoms with Gasteiger partial charge in [0.25, 0.3) is 0 Å². The van der Waals surface area contributed by atoms with E-state index < -0.39 is 0 Å². The Hall–Kier alpha value is -1.35. The van der Waals surface area contributed by atoms with Gasteiger partial charge in [0.05, 0.1) is 6.04 Å². The predicted molar refractivity (Wildman–Crippen MR) is 74.9 cm³/mol. The van der Waals surface area contributed by atoms with Crippen LogP contribution in [0.4, 0.5) is 5.69 Å². The number of nitrogens with one attached hydrogen (secondary N) is 1. The molecule has 3 heteroatoms. The number of amides is 1. The van der Waals surface area contributed by atoms with Gasteiger partial charge >= 0.3 is 0 Å². The predicted octanol–water partition coefficient (Wildman–Crippen LogP) is 2.35. The standard InChI is InChI=1S/C15H22N2O/c1-3-4-5-12-6-8-13(9-7-12)17-11-10-14(16-2)15(17)18/h6-9,14,16H,3-5,10-11H2,1-2H3. The van der Waals surface area contributed by atoms with E-state index in [1.165, 1.54) is 18.4 Å². The van der Waals surface area contributed by atoms with Crippen LogP contribution in [0.15, 0.2) is 24.3 Å². The number of benzene rings is 1. The first-order valence-corrected chi connectivity index (χ1v) is 6.84. The fourth-order valence-electron chi connectivity index (χ4n) is 2.43. The topological polar surface area (TPSA) is 32.3 Å². The maximum Gasteiger partial charge on any atom is 0.244 e. The third kappa shape index (κ3) is 2.72. The lowest BCUT2D eigenvalue weighted by molar-refractivity contribution is -0.118. The van der Waals surface area contributed by atoms with Crippen molar-refractivity contribution in [1.29, 1.82) is 0 Å². The van der Waals surface area contributed by atoms with Gasteiger partial charge in [0.2, 0.25) is 5.91 Å². The van der Waals surface area contributed by atoms with Gasteiger partial charge in [-0.25, -0.2) is 0 Å². The van der Waals surface area contributed by atoms with Gasteiger partial charge in [0.1, 0.15) is 0 Å². The lowest BCUT2D eigenvalue weighted by atomic mass is 10.1. The first kappa shape index (κ1) is 13.1. The highest BCUT2D eigenvalue weighted by Gasteiger charge is 2.30. The van der Waals surface area contributed by atoms with E-state index in [9.17, 15) is 4.79 Å². The van der Waals surface area contributed by atoms with Crippen molar-refractivity contribution in [3.63, 3.8) is 0 Å². The average Bonchev–Trinajstić information content (AvgIpc) is 2.78. The van der Waals surface area contributed by atoms with Crippen LogP contribution in [0.2, 0.25) is 0 Å². The molecular weight excluding hydrogens is 224 g/mol. The van der Waals surface area contributed by atoms with Crippen molar-refractivity contribution in [2.75, 3.05) is 18.5 Å². The molecule has 1 aliphatic heterocycles. The van der Waals surface area contributed by atoms with Crippen LogP contribution in [0.5, 0.6) is 0 Å².